The summed E-state index contributed by atoms with van der Waals surface area (Å²) in [6.07, 6.45) is 1.15. The smallest absolute Gasteiger partial charge is 0.133 e. The molecule has 1 aliphatic rings. The summed E-state index contributed by atoms with van der Waals surface area (Å²) in [7, 11) is 3.39. The second-order valence-electron chi connectivity index (χ2n) is 3.92. The van der Waals surface area contributed by atoms with Crippen LogP contribution in [-0.4, -0.2) is 27.3 Å². The largest absolute Gasteiger partial charge is 0.496 e. The SMILES string of the molecule is COc1cc(C2CCNC2)c(OC)cc1Br. The molecular weight excluding hydrogens is 270 g/mol. The number of benzene rings is 1. The number of halogens is 1. The van der Waals surface area contributed by atoms with Gasteiger partial charge in [0.05, 0.1) is 18.7 Å². The second-order valence-corrected chi connectivity index (χ2v) is 4.77. The zero-order chi connectivity index (χ0) is 11.5. The molecule has 0 radical (unpaired) electrons. The molecule has 1 N–H and O–H groups in total. The van der Waals surface area contributed by atoms with Crippen molar-refractivity contribution in [2.75, 3.05) is 27.3 Å². The van der Waals surface area contributed by atoms with Gasteiger partial charge in [0, 0.05) is 18.0 Å². The minimum Gasteiger partial charge on any atom is -0.496 e. The first-order valence-electron chi connectivity index (χ1n) is 5.38. The highest BCUT2D eigenvalue weighted by Crippen LogP contribution is 2.38. The van der Waals surface area contributed by atoms with Crippen molar-refractivity contribution in [3.63, 3.8) is 0 Å². The third kappa shape index (κ3) is 2.18. The summed E-state index contributed by atoms with van der Waals surface area (Å²) >= 11 is 3.47. The number of rotatable bonds is 3. The van der Waals surface area contributed by atoms with Crippen molar-refractivity contribution in [3.05, 3.63) is 22.2 Å². The molecule has 88 valence electrons. The number of hydrogen-bond donors (Lipinski definition) is 1. The second kappa shape index (κ2) is 5.06. The van der Waals surface area contributed by atoms with Crippen LogP contribution in [0, 0.1) is 0 Å². The van der Waals surface area contributed by atoms with Crippen LogP contribution in [0.2, 0.25) is 0 Å². The lowest BCUT2D eigenvalue weighted by Gasteiger charge is -2.16. The first-order chi connectivity index (χ1) is 7.76. The fourth-order valence-electron chi connectivity index (χ4n) is 2.12. The molecule has 3 nitrogen and oxygen atoms in total. The van der Waals surface area contributed by atoms with Crippen LogP contribution in [-0.2, 0) is 0 Å². The van der Waals surface area contributed by atoms with Crippen molar-refractivity contribution in [3.8, 4) is 11.5 Å². The molecule has 1 heterocycles. The van der Waals surface area contributed by atoms with Crippen LogP contribution in [0.5, 0.6) is 11.5 Å². The molecule has 0 aliphatic carbocycles. The van der Waals surface area contributed by atoms with E-state index in [1.54, 1.807) is 14.2 Å². The van der Waals surface area contributed by atoms with E-state index in [2.05, 4.69) is 27.3 Å². The third-order valence-corrected chi connectivity index (χ3v) is 3.62. The fourth-order valence-corrected chi connectivity index (χ4v) is 2.61. The molecule has 1 aromatic rings. The van der Waals surface area contributed by atoms with Gasteiger partial charge in [-0.3, -0.25) is 0 Å². The van der Waals surface area contributed by atoms with Crippen molar-refractivity contribution in [2.24, 2.45) is 0 Å². The first kappa shape index (κ1) is 11.7. The van der Waals surface area contributed by atoms with E-state index in [1.165, 1.54) is 5.56 Å². The molecule has 1 aliphatic heterocycles. The number of methoxy groups -OCH3 is 2. The average Bonchev–Trinajstić information content (AvgIpc) is 2.82. The van der Waals surface area contributed by atoms with Crippen molar-refractivity contribution in [1.82, 2.24) is 5.32 Å². The van der Waals surface area contributed by atoms with Crippen molar-refractivity contribution < 1.29 is 9.47 Å². The number of ether oxygens (including phenoxy) is 2. The van der Waals surface area contributed by atoms with Gasteiger partial charge in [-0.2, -0.15) is 0 Å². The molecule has 1 saturated heterocycles. The first-order valence-corrected chi connectivity index (χ1v) is 6.17. The Bertz CT molecular complexity index is 376. The minimum atomic E-state index is 0.525. The fraction of sp³-hybridized carbons (Fsp3) is 0.500. The monoisotopic (exact) mass is 285 g/mol. The Morgan fingerprint density at radius 1 is 1.25 bits per heavy atom. The highest BCUT2D eigenvalue weighted by atomic mass is 79.9. The van der Waals surface area contributed by atoms with Crippen molar-refractivity contribution in [1.29, 1.82) is 0 Å². The number of nitrogens with one attached hydrogen (secondary N) is 1. The van der Waals surface area contributed by atoms with E-state index in [1.807, 2.05) is 6.07 Å². The molecule has 0 bridgehead atoms. The molecule has 0 aromatic heterocycles. The van der Waals surface area contributed by atoms with E-state index in [0.29, 0.717) is 5.92 Å². The summed E-state index contributed by atoms with van der Waals surface area (Å²) in [6, 6.07) is 4.05. The molecule has 1 fully saturated rings. The predicted octanol–water partition coefficient (Wildman–Crippen LogP) is 2.54. The summed E-state index contributed by atoms with van der Waals surface area (Å²) in [5.41, 5.74) is 1.23. The van der Waals surface area contributed by atoms with Gasteiger partial charge >= 0.3 is 0 Å². The molecule has 1 unspecified atom stereocenters. The summed E-state index contributed by atoms with van der Waals surface area (Å²) in [4.78, 5) is 0. The zero-order valence-corrected chi connectivity index (χ0v) is 11.1. The molecule has 4 heteroatoms. The molecule has 0 saturated carbocycles. The highest BCUT2D eigenvalue weighted by molar-refractivity contribution is 9.10. The Kier molecular flexibility index (Phi) is 3.71. The van der Waals surface area contributed by atoms with Crippen LogP contribution >= 0.6 is 15.9 Å². The summed E-state index contributed by atoms with van der Waals surface area (Å²) < 4.78 is 11.7. The Hall–Kier alpha value is -0.740. The standard InChI is InChI=1S/C12H16BrNO2/c1-15-11-6-10(13)12(16-2)5-9(11)8-3-4-14-7-8/h5-6,8,14H,3-4,7H2,1-2H3. The van der Waals surface area contributed by atoms with E-state index in [-0.39, 0.29) is 0 Å². The third-order valence-electron chi connectivity index (χ3n) is 3.00. The van der Waals surface area contributed by atoms with E-state index in [0.717, 1.165) is 35.5 Å². The van der Waals surface area contributed by atoms with E-state index in [9.17, 15) is 0 Å². The quantitative estimate of drug-likeness (QED) is 0.926. The molecule has 1 atom stereocenters. The summed E-state index contributed by atoms with van der Waals surface area (Å²) in [5.74, 6) is 2.32. The van der Waals surface area contributed by atoms with Crippen LogP contribution in [0.25, 0.3) is 0 Å². The topological polar surface area (TPSA) is 30.5 Å². The van der Waals surface area contributed by atoms with Gasteiger partial charge in [-0.25, -0.2) is 0 Å². The minimum absolute atomic E-state index is 0.525. The van der Waals surface area contributed by atoms with Gasteiger partial charge in [-0.15, -0.1) is 0 Å². The van der Waals surface area contributed by atoms with Crippen molar-refractivity contribution in [2.45, 2.75) is 12.3 Å². The van der Waals surface area contributed by atoms with Crippen LogP contribution < -0.4 is 14.8 Å². The summed E-state index contributed by atoms with van der Waals surface area (Å²) in [6.45, 7) is 2.09. The predicted molar refractivity (Wildman–Crippen MR) is 67.5 cm³/mol. The van der Waals surface area contributed by atoms with E-state index < -0.39 is 0 Å². The van der Waals surface area contributed by atoms with Gasteiger partial charge in [-0.1, -0.05) is 0 Å². The molecule has 1 aromatic carbocycles. The van der Waals surface area contributed by atoms with Gasteiger partial charge in [0.2, 0.25) is 0 Å². The molecule has 0 amide bonds. The van der Waals surface area contributed by atoms with Crippen LogP contribution in [0.15, 0.2) is 16.6 Å². The highest BCUT2D eigenvalue weighted by Gasteiger charge is 2.21. The molecule has 16 heavy (non-hydrogen) atoms. The van der Waals surface area contributed by atoms with Gasteiger partial charge in [0.25, 0.3) is 0 Å². The van der Waals surface area contributed by atoms with Gasteiger partial charge in [0.1, 0.15) is 11.5 Å². The normalized spacial score (nSPS) is 19.8. The van der Waals surface area contributed by atoms with Gasteiger partial charge in [0.15, 0.2) is 0 Å². The van der Waals surface area contributed by atoms with Crippen LogP contribution in [0.4, 0.5) is 0 Å². The Morgan fingerprint density at radius 2 is 2.00 bits per heavy atom. The van der Waals surface area contributed by atoms with Crippen LogP contribution in [0.1, 0.15) is 17.9 Å². The van der Waals surface area contributed by atoms with Gasteiger partial charge in [-0.05, 0) is 41.0 Å². The Balaban J connectivity index is 2.40. The zero-order valence-electron chi connectivity index (χ0n) is 9.55. The lowest BCUT2D eigenvalue weighted by molar-refractivity contribution is 0.394. The molecule has 0 spiro atoms. The maximum Gasteiger partial charge on any atom is 0.133 e. The number of hydrogen-bond acceptors (Lipinski definition) is 3. The van der Waals surface area contributed by atoms with E-state index >= 15 is 0 Å². The van der Waals surface area contributed by atoms with Crippen molar-refractivity contribution >= 4 is 15.9 Å². The molecule has 2 rings (SSSR count). The van der Waals surface area contributed by atoms with E-state index in [4.69, 9.17) is 9.47 Å². The lowest BCUT2D eigenvalue weighted by Crippen LogP contribution is -2.09. The van der Waals surface area contributed by atoms with Gasteiger partial charge < -0.3 is 14.8 Å². The Labute approximate surface area is 104 Å². The summed E-state index contributed by atoms with van der Waals surface area (Å²) in [5, 5.41) is 3.37. The average molecular weight is 286 g/mol. The van der Waals surface area contributed by atoms with Crippen LogP contribution in [0.3, 0.4) is 0 Å². The maximum atomic E-state index is 5.42. The molecular formula is C12H16BrNO2. The lowest BCUT2D eigenvalue weighted by atomic mass is 9.97. The maximum absolute atomic E-state index is 5.42. The Morgan fingerprint density at radius 3 is 2.56 bits per heavy atom.